The van der Waals surface area contributed by atoms with E-state index in [1.165, 1.54) is 40.4 Å². The van der Waals surface area contributed by atoms with Gasteiger partial charge in [-0.05, 0) is 172 Å². The first-order chi connectivity index (χ1) is 61.9. The van der Waals surface area contributed by atoms with Crippen molar-refractivity contribution in [3.63, 3.8) is 0 Å². The molecule has 0 saturated carbocycles. The topological polar surface area (TPSA) is 695 Å². The fraction of sp³-hybridized carbons (Fsp3) is 0.744. The highest BCUT2D eigenvalue weighted by Gasteiger charge is 2.48. The van der Waals surface area contributed by atoms with Gasteiger partial charge in [0.1, 0.15) is 103 Å². The second-order valence-electron chi connectivity index (χ2n) is 36.7. The third kappa shape index (κ3) is 32.9. The van der Waals surface area contributed by atoms with Gasteiger partial charge < -0.3 is 126 Å². The zero-order chi connectivity index (χ0) is 99.2. The van der Waals surface area contributed by atoms with E-state index in [2.05, 4.69) is 58.5 Å². The minimum absolute atomic E-state index is 0.00693. The SMILES string of the molecule is CC(C)C[C@H](NC(=O)[C@@H]1CCCN1C(=O)[C@@H](NC(=O)[C@@H]1CCCN1C(=O)[C@H](CCC(=O)O)NC(=O)[C@H](C)NC(=O)[C@H](C)NC(=O)[C@@H]1CCCN1C(=O)[C@H](CC(C)C)NC(=O)[C@@H]1CCCN1C(=O)[C@@H](NC(=O)[C@@H]1CCCN1C(=O)[C@H](CCC(=O)O)NC(=O)[C@H](C)N)C(C)C)C(C)C)C(=O)N[C@H](C(=O)N[C@@H](CCCCN)C(=O)N[C@@H](CCC(N)=O)C(=O)N[C@@H](CC(=O)O)C(=O)O)C(C)C. The summed E-state index contributed by atoms with van der Waals surface area (Å²) in [5, 5.41) is 69.0. The molecule has 18 atom stereocenters. The molecule has 18 amide bonds. The van der Waals surface area contributed by atoms with Crippen LogP contribution in [0.2, 0.25) is 0 Å². The number of aliphatic carboxylic acids is 4. The normalized spacial score (nSPS) is 20.2. The molecule has 0 unspecified atom stereocenters. The Morgan fingerprint density at radius 1 is 0.311 bits per heavy atom. The van der Waals surface area contributed by atoms with Crippen LogP contribution < -0.4 is 81.0 Å². The van der Waals surface area contributed by atoms with Crippen LogP contribution in [0.1, 0.15) is 231 Å². The van der Waals surface area contributed by atoms with E-state index in [1.54, 1.807) is 55.4 Å². The van der Waals surface area contributed by atoms with Crippen molar-refractivity contribution in [2.45, 2.75) is 340 Å². The molecule has 46 nitrogen and oxygen atoms in total. The van der Waals surface area contributed by atoms with Crippen LogP contribution in [0.5, 0.6) is 0 Å². The Morgan fingerprint density at radius 3 is 1.00 bits per heavy atom. The minimum Gasteiger partial charge on any atom is -0.481 e. The molecule has 0 radical (unpaired) electrons. The fourth-order valence-corrected chi connectivity index (χ4v) is 16.6. The van der Waals surface area contributed by atoms with Crippen LogP contribution >= 0.6 is 0 Å². The highest BCUT2D eigenvalue weighted by Crippen LogP contribution is 2.29. The summed E-state index contributed by atoms with van der Waals surface area (Å²) >= 11 is 0. The number of carboxylic acids is 4. The summed E-state index contributed by atoms with van der Waals surface area (Å²) in [5.41, 5.74) is 16.8. The van der Waals surface area contributed by atoms with E-state index in [-0.39, 0.29) is 122 Å². The molecule has 46 heteroatoms. The minimum atomic E-state index is -1.94. The summed E-state index contributed by atoms with van der Waals surface area (Å²) in [4.78, 5) is 306. The van der Waals surface area contributed by atoms with Crippen molar-refractivity contribution in [2.24, 2.45) is 46.8 Å². The number of carboxylic acid groups (broad SMARTS) is 4. The number of nitrogens with two attached hydrogens (primary N) is 3. The molecule has 5 fully saturated rings. The lowest BCUT2D eigenvalue weighted by molar-refractivity contribution is -0.147. The Hall–Kier alpha value is -11.7. The van der Waals surface area contributed by atoms with Crippen LogP contribution in [-0.2, 0) is 105 Å². The number of carbonyl (C=O) groups excluding carboxylic acids is 18. The predicted molar refractivity (Wildman–Crippen MR) is 470 cm³/mol. The average Bonchev–Trinajstić information content (AvgIpc) is 1.65. The summed E-state index contributed by atoms with van der Waals surface area (Å²) in [5.74, 6) is -22.7. The third-order valence-electron chi connectivity index (χ3n) is 23.9. The standard InChI is InChI=1S/C86H140N20O26/c1-42(2)39-54(74(119)99-66(44(5)6)80(125)93-50(21-14-15-33-87)72(117)92-51(27-30-62(89)107)73(118)98-56(86(131)132)41-65(112)113)96-76(121)58-23-19-37-105(58)84(129)67(45(7)8)100-79(124)61-26-18-35-103(61)82(127)53(29-32-64(110)111)95-71(116)49(13)90-70(115)48(12)91-75(120)57-22-16-36-104(57)83(128)55(40-43(3)4)97-77(122)59-24-20-38-106(59)85(130)68(46(9)10)101-78(123)60-25-17-34-102(60)81(126)52(28-31-63(108)109)94-69(114)47(11)88/h42-61,66-68H,14-41,87-88H2,1-13H3,(H2,89,107)(H,90,115)(H,91,120)(H,92,117)(H,93,125)(H,94,114)(H,95,116)(H,96,121)(H,97,122)(H,98,118)(H,99,119)(H,100,124)(H,101,123)(H,108,109)(H,110,111)(H,112,113)(H,131,132)/t47-,48-,49-,50-,51-,52-,53-,54-,55-,56-,57-,58-,59-,60-,61-,66-,67-,68-/m0/s1. The van der Waals surface area contributed by atoms with Gasteiger partial charge in [-0.2, -0.15) is 0 Å². The lowest BCUT2D eigenvalue weighted by Crippen LogP contribution is -2.61. The summed E-state index contributed by atoms with van der Waals surface area (Å²) in [7, 11) is 0. The van der Waals surface area contributed by atoms with Crippen molar-refractivity contribution in [1.29, 1.82) is 0 Å². The van der Waals surface area contributed by atoms with Gasteiger partial charge in [0.05, 0.1) is 12.5 Å². The highest BCUT2D eigenvalue weighted by atomic mass is 16.4. The van der Waals surface area contributed by atoms with Gasteiger partial charge in [-0.1, -0.05) is 69.2 Å². The highest BCUT2D eigenvalue weighted by molar-refractivity contribution is 6.02. The molecule has 5 heterocycles. The second-order valence-corrected chi connectivity index (χ2v) is 36.7. The summed E-state index contributed by atoms with van der Waals surface area (Å²) in [6.07, 6.45) is -0.971. The molecule has 22 N–H and O–H groups in total. The van der Waals surface area contributed by atoms with Gasteiger partial charge >= 0.3 is 23.9 Å². The van der Waals surface area contributed by atoms with Crippen LogP contribution in [0.4, 0.5) is 0 Å². The van der Waals surface area contributed by atoms with Crippen LogP contribution in [0.25, 0.3) is 0 Å². The molecule has 132 heavy (non-hydrogen) atoms. The Kier molecular flexibility index (Phi) is 44.0. The molecule has 0 aromatic carbocycles. The van der Waals surface area contributed by atoms with E-state index in [1.807, 2.05) is 19.2 Å². The molecule has 5 saturated heterocycles. The largest absolute Gasteiger partial charge is 0.481 e. The number of rotatable bonds is 52. The number of unbranched alkanes of at least 4 members (excludes halogenated alkanes) is 1. The number of hydrogen-bond acceptors (Lipinski definition) is 24. The van der Waals surface area contributed by atoms with Gasteiger partial charge in [-0.3, -0.25) is 101 Å². The molecule has 0 spiro atoms. The molecule has 5 aliphatic rings. The van der Waals surface area contributed by atoms with Gasteiger partial charge in [0.25, 0.3) is 0 Å². The summed E-state index contributed by atoms with van der Waals surface area (Å²) in [6, 6.07) is -24.1. The lowest BCUT2D eigenvalue weighted by Gasteiger charge is -2.34. The summed E-state index contributed by atoms with van der Waals surface area (Å²) in [6.45, 7) is 21.3. The van der Waals surface area contributed by atoms with Gasteiger partial charge in [0.2, 0.25) is 106 Å². The Balaban J connectivity index is 1.22. The van der Waals surface area contributed by atoms with E-state index in [0.717, 1.165) is 4.90 Å². The quantitative estimate of drug-likeness (QED) is 0.0257. The maximum Gasteiger partial charge on any atom is 0.326 e. The number of hydrogen-bond donors (Lipinski definition) is 19. The molecule has 0 aliphatic carbocycles. The van der Waals surface area contributed by atoms with Crippen molar-refractivity contribution in [2.75, 3.05) is 39.3 Å². The smallest absolute Gasteiger partial charge is 0.326 e. The first kappa shape index (κ1) is 111. The zero-order valence-corrected chi connectivity index (χ0v) is 77.8. The van der Waals surface area contributed by atoms with E-state index in [9.17, 15) is 126 Å². The summed E-state index contributed by atoms with van der Waals surface area (Å²) < 4.78 is 0. The number of primary amides is 1. The van der Waals surface area contributed by atoms with Crippen LogP contribution in [0, 0.1) is 29.6 Å². The Labute approximate surface area is 767 Å². The molecule has 5 aliphatic heterocycles. The number of nitrogens with zero attached hydrogens (tertiary/aromatic N) is 5. The lowest BCUT2D eigenvalue weighted by atomic mass is 9.98. The van der Waals surface area contributed by atoms with E-state index in [4.69, 9.17) is 17.2 Å². The van der Waals surface area contributed by atoms with Crippen molar-refractivity contribution in [3.05, 3.63) is 0 Å². The van der Waals surface area contributed by atoms with Crippen LogP contribution in [0.3, 0.4) is 0 Å². The fourth-order valence-electron chi connectivity index (χ4n) is 16.6. The molecule has 740 valence electrons. The molecule has 0 aromatic rings. The second kappa shape index (κ2) is 52.5. The van der Waals surface area contributed by atoms with Crippen molar-refractivity contribution >= 4 is 130 Å². The maximum absolute atomic E-state index is 14.8. The first-order valence-electron chi connectivity index (χ1n) is 45.7. The van der Waals surface area contributed by atoms with Gasteiger partial charge in [0.15, 0.2) is 0 Å². The number of carbonyl (C=O) groups is 22. The molecular weight excluding hydrogens is 1730 g/mol. The Morgan fingerprint density at radius 2 is 0.629 bits per heavy atom. The predicted octanol–water partition coefficient (Wildman–Crippen LogP) is -4.11. The zero-order valence-electron chi connectivity index (χ0n) is 77.8. The molecule has 0 aromatic heterocycles. The van der Waals surface area contributed by atoms with E-state index < -0.39 is 295 Å². The van der Waals surface area contributed by atoms with E-state index >= 15 is 0 Å². The number of nitrogens with one attached hydrogen (secondary N) is 12. The van der Waals surface area contributed by atoms with Crippen LogP contribution in [-0.4, -0.2) is 323 Å². The van der Waals surface area contributed by atoms with Crippen molar-refractivity contribution in [1.82, 2.24) is 88.3 Å². The van der Waals surface area contributed by atoms with Crippen LogP contribution in [0.15, 0.2) is 0 Å². The Bertz CT molecular complexity index is 4160. The van der Waals surface area contributed by atoms with Gasteiger partial charge in [-0.15, -0.1) is 0 Å². The number of amides is 18. The van der Waals surface area contributed by atoms with Crippen molar-refractivity contribution in [3.8, 4) is 0 Å². The van der Waals surface area contributed by atoms with Gasteiger partial charge in [-0.25, -0.2) is 4.79 Å². The maximum atomic E-state index is 14.8. The average molecular weight is 1870 g/mol. The monoisotopic (exact) mass is 1870 g/mol. The van der Waals surface area contributed by atoms with Gasteiger partial charge in [0, 0.05) is 52.0 Å². The number of likely N-dealkylation sites (tertiary alicyclic amines) is 5. The molecule has 5 rings (SSSR count). The van der Waals surface area contributed by atoms with E-state index in [0.29, 0.717) is 32.1 Å². The first-order valence-corrected chi connectivity index (χ1v) is 45.7. The third-order valence-corrected chi connectivity index (χ3v) is 23.9. The molecular formula is C86H140N20O26. The van der Waals surface area contributed by atoms with Crippen molar-refractivity contribution < 1.29 is 126 Å². The molecule has 0 bridgehead atoms.